The van der Waals surface area contributed by atoms with Crippen LogP contribution in [-0.4, -0.2) is 33.6 Å². The van der Waals surface area contributed by atoms with E-state index < -0.39 is 0 Å². The molecule has 0 amide bonds. The average molecular weight is 321 g/mol. The first-order valence-electron chi connectivity index (χ1n) is 4.24. The van der Waals surface area contributed by atoms with Crippen LogP contribution in [0.4, 0.5) is 0 Å². The van der Waals surface area contributed by atoms with E-state index in [0.717, 1.165) is 0 Å². The molecule has 0 bridgehead atoms. The molecular formula is C9H24O3Pr. The van der Waals surface area contributed by atoms with Crippen molar-refractivity contribution in [3.8, 4) is 0 Å². The molecule has 0 aromatic heterocycles. The molecule has 0 saturated heterocycles. The third-order valence-electron chi connectivity index (χ3n) is 0. The van der Waals surface area contributed by atoms with E-state index >= 15 is 0 Å². The molecule has 0 unspecified atom stereocenters. The standard InChI is InChI=1S/3C3H8O.Pr/c3*1-3(2)4;/h3*3-4H,1-2H3;. The van der Waals surface area contributed by atoms with Crippen molar-refractivity contribution in [2.75, 3.05) is 0 Å². The normalized spacial score (nSPS) is 8.31. The molecule has 0 saturated carbocycles. The Bertz CT molecular complexity index is 43.4. The van der Waals surface area contributed by atoms with E-state index in [-0.39, 0.29) is 59.6 Å². The maximum Gasteiger partial charge on any atom is 0.0483 e. The number of rotatable bonds is 0. The minimum absolute atomic E-state index is 0. The smallest absolute Gasteiger partial charge is 0.0483 e. The number of aliphatic hydroxyl groups excluding tert-OH is 3. The van der Waals surface area contributed by atoms with Gasteiger partial charge in [-0.2, -0.15) is 0 Å². The summed E-state index contributed by atoms with van der Waals surface area (Å²) in [7, 11) is 0. The molecular weight excluding hydrogens is 297 g/mol. The summed E-state index contributed by atoms with van der Waals surface area (Å²) in [4.78, 5) is 0. The third kappa shape index (κ3) is 1080. The third-order valence-corrected chi connectivity index (χ3v) is 0. The molecule has 3 N–H and O–H groups in total. The minimum Gasteiger partial charge on any atom is -0.394 e. The molecule has 0 aromatic carbocycles. The first kappa shape index (κ1) is 23.8. The van der Waals surface area contributed by atoms with Crippen LogP contribution >= 0.6 is 0 Å². The molecule has 1 radical (unpaired) electrons. The Morgan fingerprint density at radius 3 is 0.538 bits per heavy atom. The van der Waals surface area contributed by atoms with E-state index in [9.17, 15) is 0 Å². The van der Waals surface area contributed by atoms with Gasteiger partial charge in [-0.05, 0) is 41.5 Å². The van der Waals surface area contributed by atoms with E-state index in [2.05, 4.69) is 0 Å². The molecule has 4 heteroatoms. The van der Waals surface area contributed by atoms with Crippen molar-refractivity contribution in [1.29, 1.82) is 0 Å². The van der Waals surface area contributed by atoms with E-state index in [1.807, 2.05) is 0 Å². The Hall–Kier alpha value is 1.24. The van der Waals surface area contributed by atoms with Gasteiger partial charge in [0.25, 0.3) is 0 Å². The molecule has 0 rings (SSSR count). The van der Waals surface area contributed by atoms with Crippen LogP contribution in [0.5, 0.6) is 0 Å². The first-order chi connectivity index (χ1) is 5.20. The van der Waals surface area contributed by atoms with Crippen molar-refractivity contribution in [3.63, 3.8) is 0 Å². The van der Waals surface area contributed by atoms with Crippen LogP contribution in [0, 0.1) is 41.3 Å². The summed E-state index contributed by atoms with van der Waals surface area (Å²) in [5, 5.41) is 24.2. The molecule has 3 nitrogen and oxygen atoms in total. The van der Waals surface area contributed by atoms with Crippen LogP contribution < -0.4 is 0 Å². The first-order valence-corrected chi connectivity index (χ1v) is 4.24. The summed E-state index contributed by atoms with van der Waals surface area (Å²) in [5.41, 5.74) is 0. The van der Waals surface area contributed by atoms with Gasteiger partial charge in [0.15, 0.2) is 0 Å². The van der Waals surface area contributed by atoms with Crippen LogP contribution in [0.3, 0.4) is 0 Å². The zero-order chi connectivity index (χ0) is 10.7. The maximum atomic E-state index is 8.06. The fraction of sp³-hybridized carbons (Fsp3) is 1.00. The number of aliphatic hydroxyl groups is 3. The Kier molecular flexibility index (Phi) is 34.7. The largest absolute Gasteiger partial charge is 0.394 e. The molecule has 0 spiro atoms. The zero-order valence-electron chi connectivity index (χ0n) is 9.65. The summed E-state index contributed by atoms with van der Waals surface area (Å²) in [6, 6.07) is 0. The molecule has 0 atom stereocenters. The van der Waals surface area contributed by atoms with Gasteiger partial charge in [0.2, 0.25) is 0 Å². The number of hydrogen-bond acceptors (Lipinski definition) is 3. The summed E-state index contributed by atoms with van der Waals surface area (Å²) < 4.78 is 0. The van der Waals surface area contributed by atoms with Gasteiger partial charge in [-0.25, -0.2) is 0 Å². The van der Waals surface area contributed by atoms with Gasteiger partial charge < -0.3 is 15.3 Å². The van der Waals surface area contributed by atoms with Crippen molar-refractivity contribution in [1.82, 2.24) is 0 Å². The molecule has 0 fully saturated rings. The molecule has 0 aliphatic carbocycles. The second kappa shape index (κ2) is 18.9. The van der Waals surface area contributed by atoms with Crippen LogP contribution in [-0.2, 0) is 0 Å². The predicted octanol–water partition coefficient (Wildman–Crippen LogP) is 1.16. The molecule has 81 valence electrons. The SMILES string of the molecule is CC(C)O.CC(C)O.CC(C)O.[Pr]. The Labute approximate surface area is 116 Å². The quantitative estimate of drug-likeness (QED) is 0.627. The zero-order valence-corrected chi connectivity index (χ0v) is 13.4. The maximum absolute atomic E-state index is 8.06. The average Bonchev–Trinajstić information content (AvgIpc) is 1.54. The molecule has 0 heterocycles. The van der Waals surface area contributed by atoms with Gasteiger partial charge in [-0.1, -0.05) is 0 Å². The van der Waals surface area contributed by atoms with Gasteiger partial charge in [0.1, 0.15) is 0 Å². The van der Waals surface area contributed by atoms with E-state index in [1.165, 1.54) is 0 Å². The van der Waals surface area contributed by atoms with Gasteiger partial charge in [-0.3, -0.25) is 0 Å². The van der Waals surface area contributed by atoms with Gasteiger partial charge in [0.05, 0.1) is 0 Å². The van der Waals surface area contributed by atoms with Crippen molar-refractivity contribution in [2.24, 2.45) is 0 Å². The van der Waals surface area contributed by atoms with Gasteiger partial charge in [-0.15, -0.1) is 0 Å². The topological polar surface area (TPSA) is 60.7 Å². The molecule has 13 heavy (non-hydrogen) atoms. The summed E-state index contributed by atoms with van der Waals surface area (Å²) in [5.74, 6) is 0. The van der Waals surface area contributed by atoms with Crippen molar-refractivity contribution in [2.45, 2.75) is 59.9 Å². The summed E-state index contributed by atoms with van der Waals surface area (Å²) in [6.07, 6.45) is -0.500. The van der Waals surface area contributed by atoms with Crippen LogP contribution in [0.2, 0.25) is 0 Å². The van der Waals surface area contributed by atoms with Crippen molar-refractivity contribution < 1.29 is 56.6 Å². The fourth-order valence-electron chi connectivity index (χ4n) is 0. The van der Waals surface area contributed by atoms with E-state index in [1.54, 1.807) is 41.5 Å². The van der Waals surface area contributed by atoms with Crippen LogP contribution in [0.25, 0.3) is 0 Å². The van der Waals surface area contributed by atoms with Gasteiger partial charge >= 0.3 is 0 Å². The predicted molar refractivity (Wildman–Crippen MR) is 52.1 cm³/mol. The number of hydrogen-bond donors (Lipinski definition) is 3. The Balaban J connectivity index is -0.0000000450. The molecule has 0 aromatic rings. The summed E-state index contributed by atoms with van der Waals surface area (Å²) >= 11 is 0. The van der Waals surface area contributed by atoms with Crippen molar-refractivity contribution in [3.05, 3.63) is 0 Å². The molecule has 0 aliphatic rings. The second-order valence-electron chi connectivity index (χ2n) is 3.28. The summed E-state index contributed by atoms with van der Waals surface area (Å²) in [6.45, 7) is 10.3. The van der Waals surface area contributed by atoms with Crippen molar-refractivity contribution >= 4 is 0 Å². The van der Waals surface area contributed by atoms with Crippen LogP contribution in [0.15, 0.2) is 0 Å². The molecule has 0 aliphatic heterocycles. The van der Waals surface area contributed by atoms with Crippen LogP contribution in [0.1, 0.15) is 41.5 Å². The second-order valence-corrected chi connectivity index (χ2v) is 3.28. The Morgan fingerprint density at radius 1 is 0.538 bits per heavy atom. The van der Waals surface area contributed by atoms with E-state index in [4.69, 9.17) is 15.3 Å². The van der Waals surface area contributed by atoms with E-state index in [0.29, 0.717) is 0 Å². The van der Waals surface area contributed by atoms with Gasteiger partial charge in [0, 0.05) is 59.6 Å². The fourth-order valence-corrected chi connectivity index (χ4v) is 0. The minimum atomic E-state index is -0.167. The monoisotopic (exact) mass is 321 g/mol. The Morgan fingerprint density at radius 2 is 0.538 bits per heavy atom.